The number of non-ortho nitro benzene ring substituents is 1. The van der Waals surface area contributed by atoms with Crippen LogP contribution in [0.2, 0.25) is 0 Å². The van der Waals surface area contributed by atoms with Crippen LogP contribution in [0.5, 0.6) is 0 Å². The van der Waals surface area contributed by atoms with Gasteiger partial charge in [0.15, 0.2) is 0 Å². The summed E-state index contributed by atoms with van der Waals surface area (Å²) in [5, 5.41) is 13.5. The maximum Gasteiger partial charge on any atom is 0.271 e. The van der Waals surface area contributed by atoms with Gasteiger partial charge >= 0.3 is 0 Å². The van der Waals surface area contributed by atoms with Crippen molar-refractivity contribution in [3.05, 3.63) is 76.4 Å². The number of imide groups is 1. The number of rotatable bonds is 5. The van der Waals surface area contributed by atoms with Gasteiger partial charge in [-0.25, -0.2) is 0 Å². The van der Waals surface area contributed by atoms with Crippen LogP contribution in [-0.4, -0.2) is 22.6 Å². The molecule has 2 aromatic carbocycles. The van der Waals surface area contributed by atoms with Gasteiger partial charge in [0.25, 0.3) is 5.69 Å². The number of carbonyl (C=O) groups is 3. The van der Waals surface area contributed by atoms with E-state index in [-0.39, 0.29) is 53.5 Å². The van der Waals surface area contributed by atoms with Crippen molar-refractivity contribution in [2.75, 3.05) is 10.2 Å². The molecule has 1 heterocycles. The molecule has 4 unspecified atom stereocenters. The lowest BCUT2D eigenvalue weighted by Gasteiger charge is -2.38. The largest absolute Gasteiger partial charge is 0.326 e. The normalized spacial score (nSPS) is 25.7. The number of nitrogens with zero attached hydrogens (tertiary/aromatic N) is 2. The number of hydrogen-bond donors (Lipinski definition) is 1. The number of nitro benzene ring substituents is 1. The average Bonchev–Trinajstić information content (AvgIpc) is 3.08. The van der Waals surface area contributed by atoms with Crippen molar-refractivity contribution >= 4 is 34.8 Å². The first-order valence-electron chi connectivity index (χ1n) is 10.6. The third-order valence-electron chi connectivity index (χ3n) is 6.66. The third kappa shape index (κ3) is 3.37. The van der Waals surface area contributed by atoms with Crippen molar-refractivity contribution in [1.82, 2.24) is 0 Å². The van der Waals surface area contributed by atoms with Crippen LogP contribution >= 0.6 is 0 Å². The molecule has 6 rings (SSSR count). The monoisotopic (exact) mass is 431 g/mol. The van der Waals surface area contributed by atoms with Crippen molar-refractivity contribution in [1.29, 1.82) is 0 Å². The van der Waals surface area contributed by atoms with E-state index in [1.807, 2.05) is 0 Å². The van der Waals surface area contributed by atoms with Gasteiger partial charge in [-0.3, -0.25) is 29.4 Å². The van der Waals surface area contributed by atoms with E-state index in [4.69, 9.17) is 0 Å². The summed E-state index contributed by atoms with van der Waals surface area (Å²) < 4.78 is 0. The molecule has 1 saturated carbocycles. The number of hydrogen-bond acceptors (Lipinski definition) is 5. The Labute approximate surface area is 184 Å². The Morgan fingerprint density at radius 2 is 1.62 bits per heavy atom. The molecule has 0 aromatic heterocycles. The van der Waals surface area contributed by atoms with Gasteiger partial charge in [-0.15, -0.1) is 0 Å². The zero-order valence-electron chi connectivity index (χ0n) is 17.1. The van der Waals surface area contributed by atoms with Gasteiger partial charge in [0, 0.05) is 17.8 Å². The van der Waals surface area contributed by atoms with Gasteiger partial charge in [-0.1, -0.05) is 30.4 Å². The lowest BCUT2D eigenvalue weighted by molar-refractivity contribution is -0.384. The highest BCUT2D eigenvalue weighted by Crippen LogP contribution is 2.50. The zero-order chi connectivity index (χ0) is 22.4. The molecule has 4 aliphatic rings. The number of anilines is 2. The predicted molar refractivity (Wildman–Crippen MR) is 117 cm³/mol. The number of benzene rings is 2. The minimum atomic E-state index is -0.521. The summed E-state index contributed by atoms with van der Waals surface area (Å²) in [6.45, 7) is 0. The molecule has 1 saturated heterocycles. The van der Waals surface area contributed by atoms with Gasteiger partial charge < -0.3 is 5.32 Å². The average molecular weight is 431 g/mol. The van der Waals surface area contributed by atoms with Crippen LogP contribution in [0.3, 0.4) is 0 Å². The molecule has 32 heavy (non-hydrogen) atoms. The van der Waals surface area contributed by atoms with Crippen LogP contribution in [0.25, 0.3) is 0 Å². The van der Waals surface area contributed by atoms with Crippen LogP contribution in [0, 0.1) is 33.8 Å². The number of amides is 3. The molecule has 4 atom stereocenters. The third-order valence-corrected chi connectivity index (χ3v) is 6.66. The van der Waals surface area contributed by atoms with E-state index < -0.39 is 4.92 Å². The van der Waals surface area contributed by atoms with Crippen LogP contribution < -0.4 is 10.2 Å². The minimum absolute atomic E-state index is 0.0597. The van der Waals surface area contributed by atoms with Crippen molar-refractivity contribution in [2.24, 2.45) is 23.7 Å². The summed E-state index contributed by atoms with van der Waals surface area (Å²) in [6, 6.07) is 12.6. The van der Waals surface area contributed by atoms with Gasteiger partial charge in [0.05, 0.1) is 28.9 Å². The van der Waals surface area contributed by atoms with Gasteiger partial charge in [-0.2, -0.15) is 0 Å². The Balaban J connectivity index is 1.27. The van der Waals surface area contributed by atoms with Gasteiger partial charge in [0.2, 0.25) is 17.7 Å². The van der Waals surface area contributed by atoms with E-state index in [1.54, 1.807) is 30.3 Å². The molecule has 3 aliphatic carbocycles. The summed E-state index contributed by atoms with van der Waals surface area (Å²) in [7, 11) is 0. The summed E-state index contributed by atoms with van der Waals surface area (Å²) in [6.07, 6.45) is 6.14. The number of fused-ring (bicyclic) bond motifs is 1. The summed E-state index contributed by atoms with van der Waals surface area (Å²) in [5.41, 5.74) is 1.47. The molecule has 2 bridgehead atoms. The molecular weight excluding hydrogens is 410 g/mol. The molecule has 3 amide bonds. The van der Waals surface area contributed by atoms with Crippen LogP contribution in [0.15, 0.2) is 60.7 Å². The Bertz CT molecular complexity index is 1120. The molecule has 2 fully saturated rings. The first-order valence-corrected chi connectivity index (χ1v) is 10.6. The maximum atomic E-state index is 13.0. The number of allylic oxidation sites excluding steroid dienone is 2. The standard InChI is InChI=1S/C24H21N3O5/c28-20(25-17-2-1-3-19(13-17)27(31)32)12-14-4-10-18(11-5-14)26-23(29)21-15-6-7-16(9-8-15)22(21)24(26)30/h1-7,10-11,13,15-16,21-22H,8-9,12H2,(H,25,28). The molecule has 8 nitrogen and oxygen atoms in total. The molecular formula is C24H21N3O5. The van der Waals surface area contributed by atoms with E-state index >= 15 is 0 Å². The first-order chi connectivity index (χ1) is 15.4. The highest BCUT2D eigenvalue weighted by Gasteiger charge is 2.56. The molecule has 1 aliphatic heterocycles. The fourth-order valence-electron chi connectivity index (χ4n) is 5.18. The summed E-state index contributed by atoms with van der Waals surface area (Å²) in [5.74, 6) is -0.810. The summed E-state index contributed by atoms with van der Waals surface area (Å²) in [4.78, 5) is 50.1. The topological polar surface area (TPSA) is 110 Å². The molecule has 0 radical (unpaired) electrons. The summed E-state index contributed by atoms with van der Waals surface area (Å²) >= 11 is 0. The van der Waals surface area contributed by atoms with Crippen molar-refractivity contribution < 1.29 is 19.3 Å². The van der Waals surface area contributed by atoms with E-state index in [2.05, 4.69) is 17.5 Å². The fourth-order valence-corrected chi connectivity index (χ4v) is 5.18. The Morgan fingerprint density at radius 1 is 1.00 bits per heavy atom. The quantitative estimate of drug-likeness (QED) is 0.337. The molecule has 162 valence electrons. The fraction of sp³-hybridized carbons (Fsp3) is 0.292. The van der Waals surface area contributed by atoms with Crippen molar-refractivity contribution in [2.45, 2.75) is 19.3 Å². The van der Waals surface area contributed by atoms with Crippen LogP contribution in [0.4, 0.5) is 17.1 Å². The second-order valence-corrected chi connectivity index (χ2v) is 8.55. The lowest BCUT2D eigenvalue weighted by atomic mass is 9.63. The SMILES string of the molecule is O=C(Cc1ccc(N2C(=O)C3C4C=CC(CC4)C3C2=O)cc1)Nc1cccc([N+](=O)[O-])c1. The lowest BCUT2D eigenvalue weighted by Crippen LogP contribution is -2.38. The zero-order valence-corrected chi connectivity index (χ0v) is 17.1. The van der Waals surface area contributed by atoms with Crippen LogP contribution in [0.1, 0.15) is 18.4 Å². The number of carbonyl (C=O) groups excluding carboxylic acids is 3. The van der Waals surface area contributed by atoms with E-state index in [0.717, 1.165) is 12.8 Å². The first kappa shape index (κ1) is 20.1. The number of nitrogens with one attached hydrogen (secondary N) is 1. The van der Waals surface area contributed by atoms with Gasteiger partial charge in [-0.05, 0) is 48.4 Å². The van der Waals surface area contributed by atoms with E-state index in [1.165, 1.54) is 23.1 Å². The Morgan fingerprint density at radius 3 is 2.19 bits per heavy atom. The highest BCUT2D eigenvalue weighted by atomic mass is 16.6. The Kier molecular flexibility index (Phi) is 4.84. The van der Waals surface area contributed by atoms with Crippen LogP contribution in [-0.2, 0) is 20.8 Å². The van der Waals surface area contributed by atoms with Crippen molar-refractivity contribution in [3.63, 3.8) is 0 Å². The number of nitro groups is 1. The molecule has 1 N–H and O–H groups in total. The second kappa shape index (κ2) is 7.71. The smallest absolute Gasteiger partial charge is 0.271 e. The predicted octanol–water partition coefficient (Wildman–Crippen LogP) is 3.48. The minimum Gasteiger partial charge on any atom is -0.326 e. The second-order valence-electron chi connectivity index (χ2n) is 8.55. The van der Waals surface area contributed by atoms with E-state index in [0.29, 0.717) is 16.9 Å². The maximum absolute atomic E-state index is 13.0. The van der Waals surface area contributed by atoms with E-state index in [9.17, 15) is 24.5 Å². The van der Waals surface area contributed by atoms with Gasteiger partial charge in [0.1, 0.15) is 0 Å². The Hall–Kier alpha value is -3.81. The highest BCUT2D eigenvalue weighted by molar-refractivity contribution is 6.22. The molecule has 0 spiro atoms. The molecule has 2 aromatic rings. The van der Waals surface area contributed by atoms with Crippen molar-refractivity contribution in [3.8, 4) is 0 Å². The molecule has 8 heteroatoms.